The molecule has 0 saturated carbocycles. The van der Waals surface area contributed by atoms with Crippen LogP contribution in [0.5, 0.6) is 0 Å². The molecule has 0 spiro atoms. The average Bonchev–Trinajstić information content (AvgIpc) is 2.26. The monoisotopic (exact) mass is 266 g/mol. The highest BCUT2D eigenvalue weighted by Gasteiger charge is 2.16. The van der Waals surface area contributed by atoms with Crippen LogP contribution >= 0.6 is 12.2 Å². The number of hydrogen-bond acceptors (Lipinski definition) is 4. The second kappa shape index (κ2) is 5.77. The van der Waals surface area contributed by atoms with Gasteiger partial charge in [0.05, 0.1) is 17.8 Å². The molecule has 0 aromatic carbocycles. The lowest BCUT2D eigenvalue weighted by molar-refractivity contribution is -0.119. The summed E-state index contributed by atoms with van der Waals surface area (Å²) in [5.74, 6) is -0.0708. The average molecular weight is 266 g/mol. The van der Waals surface area contributed by atoms with E-state index in [2.05, 4.69) is 10.3 Å². The zero-order chi connectivity index (χ0) is 13.9. The number of pyridine rings is 1. The van der Waals surface area contributed by atoms with E-state index < -0.39 is 0 Å². The number of likely N-dealkylation sites (N-methyl/N-ethyl adjacent to an activating group) is 2. The van der Waals surface area contributed by atoms with Gasteiger partial charge in [0.25, 0.3) is 0 Å². The van der Waals surface area contributed by atoms with E-state index in [1.165, 1.54) is 0 Å². The fraction of sp³-hybridized carbons (Fsp3) is 0.417. The number of carbonyl (C=O) groups is 1. The van der Waals surface area contributed by atoms with Gasteiger partial charge in [0.2, 0.25) is 5.91 Å². The summed E-state index contributed by atoms with van der Waals surface area (Å²) in [6.07, 6.45) is 0. The molecule has 0 fully saturated rings. The minimum Gasteiger partial charge on any atom is -0.389 e. The highest BCUT2D eigenvalue weighted by molar-refractivity contribution is 7.80. The van der Waals surface area contributed by atoms with Crippen molar-refractivity contribution in [2.24, 2.45) is 5.73 Å². The Hall–Kier alpha value is -1.69. The van der Waals surface area contributed by atoms with Crippen molar-refractivity contribution in [2.45, 2.75) is 13.8 Å². The second-order valence-electron chi connectivity index (χ2n) is 4.14. The smallest absolute Gasteiger partial charge is 0.239 e. The molecule has 0 aliphatic carbocycles. The first kappa shape index (κ1) is 14.4. The second-order valence-corrected chi connectivity index (χ2v) is 4.58. The van der Waals surface area contributed by atoms with Gasteiger partial charge < -0.3 is 16.0 Å². The normalized spacial score (nSPS) is 10.0. The van der Waals surface area contributed by atoms with Crippen molar-refractivity contribution < 1.29 is 4.79 Å². The topological polar surface area (TPSA) is 71.2 Å². The maximum Gasteiger partial charge on any atom is 0.239 e. The molecule has 0 bridgehead atoms. The summed E-state index contributed by atoms with van der Waals surface area (Å²) in [7, 11) is 3.43. The Kier molecular flexibility index (Phi) is 4.61. The summed E-state index contributed by atoms with van der Waals surface area (Å²) in [4.78, 5) is 17.9. The van der Waals surface area contributed by atoms with Crippen LogP contribution in [0.2, 0.25) is 0 Å². The maximum absolute atomic E-state index is 11.4. The summed E-state index contributed by atoms with van der Waals surface area (Å²) < 4.78 is 0. The molecule has 0 radical (unpaired) electrons. The minimum atomic E-state index is -0.0708. The lowest BCUT2D eigenvalue weighted by atomic mass is 10.1. The van der Waals surface area contributed by atoms with Crippen molar-refractivity contribution in [3.05, 3.63) is 23.0 Å². The molecule has 3 N–H and O–H groups in total. The number of nitrogens with two attached hydrogens (primary N) is 1. The molecule has 0 aliphatic rings. The van der Waals surface area contributed by atoms with E-state index in [-0.39, 0.29) is 12.5 Å². The van der Waals surface area contributed by atoms with E-state index in [4.69, 9.17) is 18.0 Å². The number of aromatic nitrogens is 1. The Morgan fingerprint density at radius 3 is 2.67 bits per heavy atom. The molecule has 1 aromatic heterocycles. The fourth-order valence-corrected chi connectivity index (χ4v) is 2.05. The maximum atomic E-state index is 11.4. The predicted octanol–water partition coefficient (Wildman–Crippen LogP) is 0.515. The third-order valence-electron chi connectivity index (χ3n) is 2.62. The van der Waals surface area contributed by atoms with Gasteiger partial charge in [-0.2, -0.15) is 0 Å². The molecule has 0 unspecified atom stereocenters. The molecule has 1 amide bonds. The zero-order valence-corrected chi connectivity index (χ0v) is 11.9. The van der Waals surface area contributed by atoms with Crippen LogP contribution in [-0.4, -0.2) is 36.5 Å². The molecule has 1 heterocycles. The Morgan fingerprint density at radius 2 is 2.17 bits per heavy atom. The number of rotatable bonds is 4. The Bertz CT molecular complexity index is 487. The van der Waals surface area contributed by atoms with Gasteiger partial charge in [-0.25, -0.2) is 0 Å². The third-order valence-corrected chi connectivity index (χ3v) is 2.83. The van der Waals surface area contributed by atoms with E-state index in [0.717, 1.165) is 22.6 Å². The summed E-state index contributed by atoms with van der Waals surface area (Å²) in [5.41, 5.74) is 8.93. The molecule has 1 aromatic rings. The van der Waals surface area contributed by atoms with Gasteiger partial charge in [0, 0.05) is 25.5 Å². The number of carbonyl (C=O) groups excluding carboxylic acids is 1. The van der Waals surface area contributed by atoms with Crippen LogP contribution in [0.4, 0.5) is 5.69 Å². The molecule has 0 atom stereocenters. The van der Waals surface area contributed by atoms with Gasteiger partial charge in [-0.05, 0) is 19.9 Å². The predicted molar refractivity (Wildman–Crippen MR) is 76.9 cm³/mol. The lowest BCUT2D eigenvalue weighted by Crippen LogP contribution is -2.34. The Morgan fingerprint density at radius 1 is 1.56 bits per heavy atom. The van der Waals surface area contributed by atoms with E-state index in [0.29, 0.717) is 4.99 Å². The summed E-state index contributed by atoms with van der Waals surface area (Å²) in [6.45, 7) is 4.00. The van der Waals surface area contributed by atoms with Gasteiger partial charge in [0.15, 0.2) is 0 Å². The first-order chi connectivity index (χ1) is 8.36. The van der Waals surface area contributed by atoms with E-state index in [9.17, 15) is 4.79 Å². The first-order valence-electron chi connectivity index (χ1n) is 5.56. The largest absolute Gasteiger partial charge is 0.389 e. The molecular formula is C12H18N4OS. The highest BCUT2D eigenvalue weighted by atomic mass is 32.1. The number of nitrogens with zero attached hydrogens (tertiary/aromatic N) is 2. The van der Waals surface area contributed by atoms with Gasteiger partial charge in [-0.15, -0.1) is 0 Å². The number of anilines is 1. The van der Waals surface area contributed by atoms with Crippen molar-refractivity contribution >= 4 is 28.8 Å². The first-order valence-corrected chi connectivity index (χ1v) is 5.97. The molecule has 0 saturated heterocycles. The quantitative estimate of drug-likeness (QED) is 0.777. The van der Waals surface area contributed by atoms with Crippen molar-refractivity contribution in [3.8, 4) is 0 Å². The molecule has 6 heteroatoms. The van der Waals surface area contributed by atoms with Gasteiger partial charge in [-0.1, -0.05) is 12.2 Å². The SMILES string of the molecule is CNC(=O)CN(C)c1cc(C)nc(C)c1C(N)=S. The van der Waals surface area contributed by atoms with Crippen LogP contribution in [0, 0.1) is 13.8 Å². The number of aryl methyl sites for hydroxylation is 2. The summed E-state index contributed by atoms with van der Waals surface area (Å²) in [5, 5.41) is 2.58. The van der Waals surface area contributed by atoms with Crippen LogP contribution in [0.1, 0.15) is 17.0 Å². The lowest BCUT2D eigenvalue weighted by Gasteiger charge is -2.22. The van der Waals surface area contributed by atoms with E-state index in [1.807, 2.05) is 31.9 Å². The van der Waals surface area contributed by atoms with Gasteiger partial charge >= 0.3 is 0 Å². The zero-order valence-electron chi connectivity index (χ0n) is 11.1. The molecule has 5 nitrogen and oxygen atoms in total. The van der Waals surface area contributed by atoms with Crippen LogP contribution < -0.4 is 16.0 Å². The Labute approximate surface area is 112 Å². The number of thiocarbonyl (C=S) groups is 1. The number of nitrogens with one attached hydrogen (secondary N) is 1. The van der Waals surface area contributed by atoms with Gasteiger partial charge in [-0.3, -0.25) is 9.78 Å². The molecule has 1 rings (SSSR count). The van der Waals surface area contributed by atoms with Crippen molar-refractivity contribution in [3.63, 3.8) is 0 Å². The van der Waals surface area contributed by atoms with Crippen LogP contribution in [-0.2, 0) is 4.79 Å². The molecule has 0 aliphatic heterocycles. The van der Waals surface area contributed by atoms with Gasteiger partial charge in [0.1, 0.15) is 4.99 Å². The van der Waals surface area contributed by atoms with Crippen LogP contribution in [0.15, 0.2) is 6.07 Å². The molecular weight excluding hydrogens is 248 g/mol. The number of amides is 1. The van der Waals surface area contributed by atoms with Crippen LogP contribution in [0.25, 0.3) is 0 Å². The summed E-state index contributed by atoms with van der Waals surface area (Å²) in [6, 6.07) is 1.88. The fourth-order valence-electron chi connectivity index (χ4n) is 1.79. The highest BCUT2D eigenvalue weighted by Crippen LogP contribution is 2.22. The van der Waals surface area contributed by atoms with E-state index in [1.54, 1.807) is 7.05 Å². The van der Waals surface area contributed by atoms with Crippen molar-refractivity contribution in [2.75, 3.05) is 25.5 Å². The Balaban J connectivity index is 3.21. The standard InChI is InChI=1S/C12H18N4OS/c1-7-5-9(16(4)6-10(17)14-3)11(12(13)18)8(2)15-7/h5H,6H2,1-4H3,(H2,13,18)(H,14,17). The van der Waals surface area contributed by atoms with Crippen LogP contribution in [0.3, 0.4) is 0 Å². The molecule has 98 valence electrons. The number of hydrogen-bond donors (Lipinski definition) is 2. The third kappa shape index (κ3) is 3.16. The molecule has 18 heavy (non-hydrogen) atoms. The van der Waals surface area contributed by atoms with E-state index >= 15 is 0 Å². The minimum absolute atomic E-state index is 0.0708. The van der Waals surface area contributed by atoms with Crippen molar-refractivity contribution in [1.29, 1.82) is 0 Å². The summed E-state index contributed by atoms with van der Waals surface area (Å²) >= 11 is 5.05. The van der Waals surface area contributed by atoms with Crippen molar-refractivity contribution in [1.82, 2.24) is 10.3 Å².